The molecule has 0 aliphatic carbocycles. The first-order chi connectivity index (χ1) is 9.11. The molecule has 0 radical (unpaired) electrons. The van der Waals surface area contributed by atoms with Gasteiger partial charge < -0.3 is 15.0 Å². The van der Waals surface area contributed by atoms with Gasteiger partial charge in [-0.15, -0.1) is 0 Å². The second-order valence-corrected chi connectivity index (χ2v) is 5.30. The Bertz CT molecular complexity index is 468. The number of ether oxygens (including phenoxy) is 1. The van der Waals surface area contributed by atoms with Crippen molar-refractivity contribution in [3.8, 4) is 0 Å². The Balaban J connectivity index is 2.24. The van der Waals surface area contributed by atoms with Gasteiger partial charge in [0.2, 0.25) is 0 Å². The van der Waals surface area contributed by atoms with E-state index in [0.29, 0.717) is 25.4 Å². The Kier molecular flexibility index (Phi) is 4.73. The number of hydrogen-bond donors (Lipinski definition) is 1. The summed E-state index contributed by atoms with van der Waals surface area (Å²) in [5.74, 6) is 0. The minimum absolute atomic E-state index is 0.0531. The van der Waals surface area contributed by atoms with E-state index < -0.39 is 0 Å². The third-order valence-corrected chi connectivity index (χ3v) is 3.54. The maximum Gasteiger partial charge on any atom is 0.292 e. The van der Waals surface area contributed by atoms with Crippen molar-refractivity contribution in [2.24, 2.45) is 0 Å². The summed E-state index contributed by atoms with van der Waals surface area (Å²) in [6.45, 7) is 2.63. The lowest BCUT2D eigenvalue weighted by molar-refractivity contribution is -0.384. The molecule has 2 rings (SSSR count). The van der Waals surface area contributed by atoms with Crippen LogP contribution in [-0.2, 0) is 4.74 Å². The van der Waals surface area contributed by atoms with Crippen LogP contribution < -0.4 is 10.2 Å². The molecule has 19 heavy (non-hydrogen) atoms. The second kappa shape index (κ2) is 6.31. The third-order valence-electron chi connectivity index (χ3n) is 3.05. The Morgan fingerprint density at radius 2 is 2.42 bits per heavy atom. The van der Waals surface area contributed by atoms with Crippen molar-refractivity contribution >= 4 is 27.3 Å². The molecule has 0 spiro atoms. The summed E-state index contributed by atoms with van der Waals surface area (Å²) in [5.41, 5.74) is 0.775. The lowest BCUT2D eigenvalue weighted by atomic mass is 10.2. The van der Waals surface area contributed by atoms with Crippen molar-refractivity contribution in [1.82, 2.24) is 5.32 Å². The Labute approximate surface area is 120 Å². The minimum Gasteiger partial charge on any atom is -0.373 e. The molecule has 1 N–H and O–H groups in total. The number of nitrogens with one attached hydrogen (secondary N) is 1. The highest BCUT2D eigenvalue weighted by Crippen LogP contribution is 2.32. The van der Waals surface area contributed by atoms with Crippen LogP contribution in [0.15, 0.2) is 22.7 Å². The van der Waals surface area contributed by atoms with Crippen LogP contribution in [-0.4, -0.2) is 44.3 Å². The normalized spacial score (nSPS) is 19.5. The van der Waals surface area contributed by atoms with Gasteiger partial charge in [0, 0.05) is 30.2 Å². The summed E-state index contributed by atoms with van der Waals surface area (Å²) in [6.07, 6.45) is 0.0531. The number of halogens is 1. The molecule has 1 aliphatic heterocycles. The molecule has 1 heterocycles. The van der Waals surface area contributed by atoms with Crippen molar-refractivity contribution in [3.63, 3.8) is 0 Å². The first-order valence-electron chi connectivity index (χ1n) is 6.07. The zero-order valence-electron chi connectivity index (χ0n) is 10.6. The van der Waals surface area contributed by atoms with Crippen molar-refractivity contribution in [1.29, 1.82) is 0 Å². The molecule has 1 unspecified atom stereocenters. The first kappa shape index (κ1) is 14.2. The molecule has 0 aromatic heterocycles. The number of nitro groups is 1. The fraction of sp³-hybridized carbons (Fsp3) is 0.500. The fourth-order valence-corrected chi connectivity index (χ4v) is 2.54. The van der Waals surface area contributed by atoms with Gasteiger partial charge >= 0.3 is 0 Å². The van der Waals surface area contributed by atoms with Crippen molar-refractivity contribution in [2.45, 2.75) is 6.10 Å². The monoisotopic (exact) mass is 329 g/mol. The zero-order chi connectivity index (χ0) is 13.8. The summed E-state index contributed by atoms with van der Waals surface area (Å²) < 4.78 is 6.45. The minimum atomic E-state index is -0.343. The summed E-state index contributed by atoms with van der Waals surface area (Å²) >= 11 is 3.37. The van der Waals surface area contributed by atoms with Crippen LogP contribution in [0.5, 0.6) is 0 Å². The molecule has 104 valence electrons. The third kappa shape index (κ3) is 3.43. The van der Waals surface area contributed by atoms with Gasteiger partial charge in [0.15, 0.2) is 0 Å². The lowest BCUT2D eigenvalue weighted by Gasteiger charge is -2.34. The quantitative estimate of drug-likeness (QED) is 0.673. The average Bonchev–Trinajstić information content (AvgIpc) is 2.39. The van der Waals surface area contributed by atoms with Crippen LogP contribution in [0.4, 0.5) is 11.4 Å². The van der Waals surface area contributed by atoms with Gasteiger partial charge in [-0.1, -0.05) is 15.9 Å². The molecular weight excluding hydrogens is 314 g/mol. The van der Waals surface area contributed by atoms with Gasteiger partial charge in [0.05, 0.1) is 17.6 Å². The molecule has 1 aliphatic rings. The van der Waals surface area contributed by atoms with Gasteiger partial charge in [0.1, 0.15) is 5.69 Å². The number of benzene rings is 1. The second-order valence-electron chi connectivity index (χ2n) is 4.39. The highest BCUT2D eigenvalue weighted by molar-refractivity contribution is 9.10. The molecule has 0 saturated carbocycles. The molecular formula is C12H16BrN3O3. The number of anilines is 1. The predicted octanol–water partition coefficient (Wildman–Crippen LogP) is 1.78. The predicted molar refractivity (Wildman–Crippen MR) is 76.7 cm³/mol. The molecule has 1 aromatic carbocycles. The fourth-order valence-electron chi connectivity index (χ4n) is 2.19. The van der Waals surface area contributed by atoms with E-state index in [0.717, 1.165) is 11.0 Å². The number of morpholine rings is 1. The van der Waals surface area contributed by atoms with Crippen LogP contribution in [0.2, 0.25) is 0 Å². The largest absolute Gasteiger partial charge is 0.373 e. The molecule has 1 aromatic rings. The number of hydrogen-bond acceptors (Lipinski definition) is 5. The highest BCUT2D eigenvalue weighted by atomic mass is 79.9. The maximum absolute atomic E-state index is 11.1. The summed E-state index contributed by atoms with van der Waals surface area (Å²) in [4.78, 5) is 12.8. The summed E-state index contributed by atoms with van der Waals surface area (Å²) in [7, 11) is 1.86. The number of likely N-dealkylation sites (N-methyl/N-ethyl adjacent to an activating group) is 1. The van der Waals surface area contributed by atoms with E-state index in [2.05, 4.69) is 21.2 Å². The molecule has 1 fully saturated rings. The van der Waals surface area contributed by atoms with Crippen LogP contribution >= 0.6 is 15.9 Å². The van der Waals surface area contributed by atoms with Crippen LogP contribution in [0, 0.1) is 10.1 Å². The maximum atomic E-state index is 11.1. The Morgan fingerprint density at radius 3 is 3.11 bits per heavy atom. The zero-order valence-corrected chi connectivity index (χ0v) is 12.2. The van der Waals surface area contributed by atoms with Crippen LogP contribution in [0.1, 0.15) is 0 Å². The number of nitrogens with zero attached hydrogens (tertiary/aromatic N) is 2. The summed E-state index contributed by atoms with van der Waals surface area (Å²) in [6, 6.07) is 5.01. The Morgan fingerprint density at radius 1 is 1.63 bits per heavy atom. The topological polar surface area (TPSA) is 67.6 Å². The molecule has 7 heteroatoms. The van der Waals surface area contributed by atoms with Gasteiger partial charge in [0.25, 0.3) is 5.69 Å². The number of nitro benzene ring substituents is 1. The SMILES string of the molecule is CNCC1CN(c2cc(Br)ccc2[N+](=O)[O-])CCO1. The van der Waals surface area contributed by atoms with Crippen molar-refractivity contribution < 1.29 is 9.66 Å². The van der Waals surface area contributed by atoms with E-state index in [1.54, 1.807) is 12.1 Å². The summed E-state index contributed by atoms with van der Waals surface area (Å²) in [5, 5.41) is 14.2. The molecule has 0 amide bonds. The van der Waals surface area contributed by atoms with E-state index in [-0.39, 0.29) is 16.7 Å². The van der Waals surface area contributed by atoms with E-state index in [4.69, 9.17) is 4.74 Å². The van der Waals surface area contributed by atoms with Crippen molar-refractivity contribution in [2.75, 3.05) is 38.2 Å². The van der Waals surface area contributed by atoms with Crippen molar-refractivity contribution in [3.05, 3.63) is 32.8 Å². The smallest absolute Gasteiger partial charge is 0.292 e. The molecule has 0 bridgehead atoms. The van der Waals surface area contributed by atoms with Gasteiger partial charge in [-0.3, -0.25) is 10.1 Å². The van der Waals surface area contributed by atoms with Gasteiger partial charge in [-0.2, -0.15) is 0 Å². The average molecular weight is 330 g/mol. The van der Waals surface area contributed by atoms with Gasteiger partial charge in [-0.25, -0.2) is 0 Å². The lowest BCUT2D eigenvalue weighted by Crippen LogP contribution is -2.46. The highest BCUT2D eigenvalue weighted by Gasteiger charge is 2.25. The van der Waals surface area contributed by atoms with E-state index in [1.807, 2.05) is 11.9 Å². The van der Waals surface area contributed by atoms with E-state index in [1.165, 1.54) is 6.07 Å². The molecule has 1 saturated heterocycles. The Hall–Kier alpha value is -1.18. The van der Waals surface area contributed by atoms with Crippen LogP contribution in [0.3, 0.4) is 0 Å². The number of rotatable bonds is 4. The molecule has 1 atom stereocenters. The first-order valence-corrected chi connectivity index (χ1v) is 6.86. The standard InChI is InChI=1S/C12H16BrN3O3/c1-14-7-10-8-15(4-5-19-10)12-6-9(13)2-3-11(12)16(17)18/h2-3,6,10,14H,4-5,7-8H2,1H3. The van der Waals surface area contributed by atoms with E-state index >= 15 is 0 Å². The molecule has 6 nitrogen and oxygen atoms in total. The van der Waals surface area contributed by atoms with Gasteiger partial charge in [-0.05, 0) is 19.2 Å². The van der Waals surface area contributed by atoms with Crippen LogP contribution in [0.25, 0.3) is 0 Å². The van der Waals surface area contributed by atoms with E-state index in [9.17, 15) is 10.1 Å².